The Morgan fingerprint density at radius 2 is 0.800 bits per heavy atom. The van der Waals surface area contributed by atoms with Crippen LogP contribution in [-0.2, 0) is 17.1 Å². The molecule has 5 heavy (non-hydrogen) atoms. The molecule has 0 aliphatic heterocycles. The van der Waals surface area contributed by atoms with E-state index < -0.39 is 0 Å². The van der Waals surface area contributed by atoms with Crippen LogP contribution < -0.4 is 0 Å². The molecule has 0 aliphatic carbocycles. The molecular weight excluding hydrogens is 176 g/mol. The molecule has 0 radical (unpaired) electrons. The van der Waals surface area contributed by atoms with E-state index in [1.807, 2.05) is 0 Å². The van der Waals surface area contributed by atoms with E-state index in [2.05, 4.69) is 0 Å². The van der Waals surface area contributed by atoms with Crippen LogP contribution in [0.3, 0.4) is 0 Å². The van der Waals surface area contributed by atoms with Gasteiger partial charge in [0.25, 0.3) is 0 Å². The summed E-state index contributed by atoms with van der Waals surface area (Å²) in [5.41, 5.74) is 0. The Morgan fingerprint density at radius 1 is 0.800 bits per heavy atom. The van der Waals surface area contributed by atoms with Gasteiger partial charge in [-0.1, -0.05) is 0 Å². The van der Waals surface area contributed by atoms with Gasteiger partial charge in [0.2, 0.25) is 0 Å². The Morgan fingerprint density at radius 3 is 0.800 bits per heavy atom. The first kappa shape index (κ1) is 43.8. The third-order valence-corrected chi connectivity index (χ3v) is 0. The summed E-state index contributed by atoms with van der Waals surface area (Å²) in [7, 11) is 0. The molecule has 0 unspecified atom stereocenters. The van der Waals surface area contributed by atoms with Crippen molar-refractivity contribution in [3.05, 3.63) is 0 Å². The Labute approximate surface area is 97.9 Å². The molecule has 0 saturated carbocycles. The van der Waals surface area contributed by atoms with Crippen molar-refractivity contribution >= 4 is 82.7 Å². The van der Waals surface area contributed by atoms with Gasteiger partial charge in [0, 0.05) is 17.1 Å². The van der Waals surface area contributed by atoms with Crippen LogP contribution >= 0.6 is 0 Å². The predicted octanol–water partition coefficient (Wildman–Crippen LogP) is -4.74. The first-order valence-electron chi connectivity index (χ1n) is 0. The van der Waals surface area contributed by atoms with Crippen LogP contribution in [0.5, 0.6) is 0 Å². The Balaban J connectivity index is 0. The van der Waals surface area contributed by atoms with Gasteiger partial charge in [-0.25, -0.2) is 0 Å². The molecule has 0 aromatic heterocycles. The fourth-order valence-electron chi connectivity index (χ4n) is 0. The van der Waals surface area contributed by atoms with Gasteiger partial charge in [0.1, 0.15) is 0 Å². The fraction of sp³-hybridized carbons (Fsp3) is 0. The monoisotopic (exact) mass is 188 g/mol. The largest absolute Gasteiger partial charge is 0.316 e. The molecule has 5 heteroatoms. The molecule has 0 N–H and O–H groups in total. The Kier molecular flexibility index (Phi) is 246. The van der Waals surface area contributed by atoms with Crippen molar-refractivity contribution in [3.63, 3.8) is 0 Å². The Bertz CT molecular complexity index is 9.61. The van der Waals surface area contributed by atoms with Crippen LogP contribution in [0.4, 0.5) is 0 Å². The van der Waals surface area contributed by atoms with Crippen molar-refractivity contribution in [1.29, 1.82) is 0 Å². The van der Waals surface area contributed by atoms with Crippen LogP contribution in [0.25, 0.3) is 0 Å². The van der Waals surface area contributed by atoms with E-state index >= 15 is 0 Å². The van der Waals surface area contributed by atoms with Gasteiger partial charge in [0.15, 0.2) is 0 Å². The smallest absolute Gasteiger partial charge is 0.0149 e. The average molecular weight is 188 g/mol. The summed E-state index contributed by atoms with van der Waals surface area (Å²) in [6.45, 7) is 0. The second-order valence-electron chi connectivity index (χ2n) is 0. The van der Waals surface area contributed by atoms with E-state index in [0.29, 0.717) is 0 Å². The van der Waals surface area contributed by atoms with E-state index in [4.69, 9.17) is 0 Å². The summed E-state index contributed by atoms with van der Waals surface area (Å²) in [4.78, 5) is 0. The molecule has 0 aliphatic rings. The van der Waals surface area contributed by atoms with Crippen molar-refractivity contribution in [3.8, 4) is 0 Å². The minimum Gasteiger partial charge on any atom is -0.0149 e. The number of hydrogen-bond acceptors (Lipinski definition) is 0. The van der Waals surface area contributed by atoms with E-state index in [0.717, 1.165) is 0 Å². The maximum Gasteiger partial charge on any atom is 0.316 e. The summed E-state index contributed by atoms with van der Waals surface area (Å²) >= 11 is 0. The first-order valence-corrected chi connectivity index (χ1v) is 0. The summed E-state index contributed by atoms with van der Waals surface area (Å²) < 4.78 is 0. The zero-order valence-corrected chi connectivity index (χ0v) is 1.46. The molecule has 0 fully saturated rings. The van der Waals surface area contributed by atoms with Crippen molar-refractivity contribution in [2.24, 2.45) is 0 Å². The van der Waals surface area contributed by atoms with Gasteiger partial charge in [0.05, 0.1) is 0 Å². The maximum atomic E-state index is 0. The first-order chi connectivity index (χ1) is 0. The summed E-state index contributed by atoms with van der Waals surface area (Å²) in [5, 5.41) is 0. The van der Waals surface area contributed by atoms with Crippen LogP contribution in [-0.4, -0.2) is 82.7 Å². The van der Waals surface area contributed by atoms with Crippen LogP contribution in [0, 0.1) is 0 Å². The van der Waals surface area contributed by atoms with Gasteiger partial charge in [-0.3, -0.25) is 0 Å². The van der Waals surface area contributed by atoms with Crippen molar-refractivity contribution in [2.75, 3.05) is 0 Å². The zero-order valence-electron chi connectivity index (χ0n) is 0.354. The van der Waals surface area contributed by atoms with Crippen molar-refractivity contribution in [1.82, 2.24) is 0 Å². The molecule has 0 atom stereocenters. The SMILES string of the molecule is [CaH2].[Fe].[MgH2].[SiH4].[SiH4]. The van der Waals surface area contributed by atoms with E-state index in [9.17, 15) is 0 Å². The van der Waals surface area contributed by atoms with Crippen LogP contribution in [0.2, 0.25) is 0 Å². The average Bonchev–Trinajstić information content (AvgIpc) is 0. The van der Waals surface area contributed by atoms with Crippen molar-refractivity contribution < 1.29 is 17.1 Å². The number of hydrogen-bond donors (Lipinski definition) is 0. The third kappa shape index (κ3) is 19.5. The molecule has 0 bridgehead atoms. The van der Waals surface area contributed by atoms with Gasteiger partial charge >= 0.3 is 60.8 Å². The summed E-state index contributed by atoms with van der Waals surface area (Å²) in [6, 6.07) is 0. The molecule has 0 heterocycles. The molecule has 0 aromatic rings. The van der Waals surface area contributed by atoms with Crippen LogP contribution in [0.1, 0.15) is 0 Å². The zero-order chi connectivity index (χ0) is 0. The minimum absolute atomic E-state index is 0. The molecule has 0 saturated heterocycles. The van der Waals surface area contributed by atoms with Gasteiger partial charge < -0.3 is 0 Å². The fourth-order valence-corrected chi connectivity index (χ4v) is 0. The van der Waals surface area contributed by atoms with Crippen molar-refractivity contribution in [2.45, 2.75) is 0 Å². The summed E-state index contributed by atoms with van der Waals surface area (Å²) in [6.07, 6.45) is 0. The third-order valence-electron chi connectivity index (χ3n) is 0. The second-order valence-corrected chi connectivity index (χ2v) is 0. The van der Waals surface area contributed by atoms with E-state index in [1.165, 1.54) is 0 Å². The quantitative estimate of drug-likeness (QED) is 0.335. The van der Waals surface area contributed by atoms with E-state index in [1.54, 1.807) is 0 Å². The topological polar surface area (TPSA) is 0 Å². The standard InChI is InChI=1S/Ca.Fe.Mg.2H4Si.4H/h;;;2*1H4;;;;. The molecular formula is H12CaFeMgSi2. The molecule has 0 aromatic carbocycles. The molecule has 32 valence electrons. The van der Waals surface area contributed by atoms with Gasteiger partial charge in [-0.15, -0.1) is 0 Å². The molecule has 0 spiro atoms. The maximum absolute atomic E-state index is 0. The molecule has 0 amide bonds. The van der Waals surface area contributed by atoms with E-state index in [-0.39, 0.29) is 99.8 Å². The molecule has 0 nitrogen and oxygen atoms in total. The minimum atomic E-state index is 0. The molecule has 0 rings (SSSR count). The van der Waals surface area contributed by atoms with Gasteiger partial charge in [-0.2, -0.15) is 0 Å². The van der Waals surface area contributed by atoms with Crippen LogP contribution in [0.15, 0.2) is 0 Å². The van der Waals surface area contributed by atoms with Gasteiger partial charge in [-0.05, 0) is 21.9 Å². The Hall–Kier alpha value is 2.98. The normalized spacial score (nSPS) is 0. The second kappa shape index (κ2) is 28.1. The number of rotatable bonds is 0. The summed E-state index contributed by atoms with van der Waals surface area (Å²) in [5.74, 6) is 0. The predicted molar refractivity (Wildman–Crippen MR) is 39.8 cm³/mol.